The second-order valence-electron chi connectivity index (χ2n) is 10.2. The predicted octanol–water partition coefficient (Wildman–Crippen LogP) is 6.33. The summed E-state index contributed by atoms with van der Waals surface area (Å²) < 4.78 is 11.8. The number of fused-ring (bicyclic) bond motifs is 1. The third-order valence-electron chi connectivity index (χ3n) is 7.05. The highest BCUT2D eigenvalue weighted by atomic mass is 16.5. The van der Waals surface area contributed by atoms with Gasteiger partial charge in [0.05, 0.1) is 6.54 Å². The standard InChI is InChI=1S/C32H32N4O3/c37-32(34-18-23-13-14-23)30-22-38-31(35-30)21-36(16-15-25-19-33-29-12-5-4-11-28(25)29)20-24-7-6-10-27(17-24)39-26-8-2-1-3-9-26/h1-12,17,19,22-23,33H,13-16,18,20-21H2,(H,34,37). The minimum Gasteiger partial charge on any atom is -0.457 e. The van der Waals surface area contributed by atoms with Gasteiger partial charge in [-0.1, -0.05) is 48.5 Å². The number of ether oxygens (including phenoxy) is 1. The third-order valence-corrected chi connectivity index (χ3v) is 7.05. The number of carbonyl (C=O) groups is 1. The molecule has 1 aliphatic rings. The number of oxazole rings is 1. The number of nitrogens with zero attached hydrogens (tertiary/aromatic N) is 2. The van der Waals surface area contributed by atoms with E-state index in [2.05, 4.69) is 56.7 Å². The summed E-state index contributed by atoms with van der Waals surface area (Å²) in [5, 5.41) is 4.20. The molecule has 1 saturated carbocycles. The smallest absolute Gasteiger partial charge is 0.273 e. The molecule has 6 rings (SSSR count). The number of aromatic nitrogens is 2. The van der Waals surface area contributed by atoms with Crippen molar-refractivity contribution in [3.8, 4) is 11.5 Å². The Labute approximate surface area is 227 Å². The zero-order valence-corrected chi connectivity index (χ0v) is 21.8. The summed E-state index contributed by atoms with van der Waals surface area (Å²) in [6.45, 7) is 2.67. The largest absolute Gasteiger partial charge is 0.457 e. The van der Waals surface area contributed by atoms with Crippen LogP contribution in [0, 0.1) is 5.92 Å². The fourth-order valence-electron chi connectivity index (χ4n) is 4.75. The summed E-state index contributed by atoms with van der Waals surface area (Å²) in [5.41, 5.74) is 3.86. The molecule has 7 nitrogen and oxygen atoms in total. The highest BCUT2D eigenvalue weighted by molar-refractivity contribution is 5.91. The van der Waals surface area contributed by atoms with Crippen LogP contribution < -0.4 is 10.1 Å². The van der Waals surface area contributed by atoms with Crippen molar-refractivity contribution in [2.45, 2.75) is 32.4 Å². The fraction of sp³-hybridized carbons (Fsp3) is 0.250. The Morgan fingerprint density at radius 1 is 1.00 bits per heavy atom. The molecule has 0 atom stereocenters. The van der Waals surface area contributed by atoms with Crippen LogP contribution in [0.2, 0.25) is 0 Å². The van der Waals surface area contributed by atoms with E-state index in [1.807, 2.05) is 48.5 Å². The van der Waals surface area contributed by atoms with E-state index in [4.69, 9.17) is 9.15 Å². The molecule has 0 aliphatic heterocycles. The average Bonchev–Trinajstić information content (AvgIpc) is 3.52. The van der Waals surface area contributed by atoms with Gasteiger partial charge in [0.25, 0.3) is 5.91 Å². The highest BCUT2D eigenvalue weighted by Crippen LogP contribution is 2.28. The Kier molecular flexibility index (Phi) is 7.41. The van der Waals surface area contributed by atoms with Crippen molar-refractivity contribution in [3.05, 3.63) is 114 Å². The van der Waals surface area contributed by atoms with Crippen LogP contribution in [0.15, 0.2) is 95.7 Å². The minimum atomic E-state index is -0.173. The van der Waals surface area contributed by atoms with E-state index in [0.717, 1.165) is 35.5 Å². The van der Waals surface area contributed by atoms with Gasteiger partial charge in [-0.05, 0) is 66.6 Å². The molecule has 7 heteroatoms. The Bertz CT molecular complexity index is 1540. The van der Waals surface area contributed by atoms with E-state index in [1.165, 1.54) is 30.1 Å². The number of hydrogen-bond donors (Lipinski definition) is 2. The second-order valence-corrected chi connectivity index (χ2v) is 10.2. The van der Waals surface area contributed by atoms with Crippen LogP contribution in [0.4, 0.5) is 0 Å². The Morgan fingerprint density at radius 2 is 1.82 bits per heavy atom. The normalized spacial score (nSPS) is 13.2. The van der Waals surface area contributed by atoms with Gasteiger partial charge in [-0.3, -0.25) is 9.69 Å². The first-order valence-corrected chi connectivity index (χ1v) is 13.5. The molecule has 3 aromatic carbocycles. The summed E-state index contributed by atoms with van der Waals surface area (Å²) in [6, 6.07) is 26.3. The van der Waals surface area contributed by atoms with Crippen LogP contribution in [0.5, 0.6) is 11.5 Å². The molecule has 1 aliphatic carbocycles. The number of benzene rings is 3. The quantitative estimate of drug-likeness (QED) is 0.201. The predicted molar refractivity (Wildman–Crippen MR) is 151 cm³/mol. The molecule has 2 heterocycles. The summed E-state index contributed by atoms with van der Waals surface area (Å²) in [6.07, 6.45) is 6.79. The van der Waals surface area contributed by atoms with Crippen LogP contribution in [0.25, 0.3) is 10.9 Å². The van der Waals surface area contributed by atoms with E-state index < -0.39 is 0 Å². The summed E-state index contributed by atoms with van der Waals surface area (Å²) in [4.78, 5) is 22.7. The number of H-pyrrole nitrogens is 1. The van der Waals surface area contributed by atoms with Gasteiger partial charge < -0.3 is 19.5 Å². The van der Waals surface area contributed by atoms with Gasteiger partial charge in [0.15, 0.2) is 5.69 Å². The lowest BCUT2D eigenvalue weighted by molar-refractivity contribution is 0.0946. The molecular weight excluding hydrogens is 488 g/mol. The monoisotopic (exact) mass is 520 g/mol. The molecule has 0 saturated heterocycles. The van der Waals surface area contributed by atoms with Crippen molar-refractivity contribution in [3.63, 3.8) is 0 Å². The van der Waals surface area contributed by atoms with E-state index in [-0.39, 0.29) is 5.91 Å². The van der Waals surface area contributed by atoms with E-state index >= 15 is 0 Å². The average molecular weight is 521 g/mol. The van der Waals surface area contributed by atoms with E-state index in [1.54, 1.807) is 0 Å². The minimum absolute atomic E-state index is 0.173. The third kappa shape index (κ3) is 6.56. The maximum Gasteiger partial charge on any atom is 0.273 e. The molecule has 198 valence electrons. The van der Waals surface area contributed by atoms with Crippen LogP contribution in [0.3, 0.4) is 0 Å². The van der Waals surface area contributed by atoms with Crippen LogP contribution in [-0.4, -0.2) is 33.9 Å². The molecule has 0 spiro atoms. The van der Waals surface area contributed by atoms with Crippen molar-refractivity contribution >= 4 is 16.8 Å². The van der Waals surface area contributed by atoms with Crippen LogP contribution in [-0.2, 0) is 19.5 Å². The number of rotatable bonds is 12. The Morgan fingerprint density at radius 3 is 2.69 bits per heavy atom. The molecule has 0 unspecified atom stereocenters. The number of nitrogens with one attached hydrogen (secondary N) is 2. The second kappa shape index (κ2) is 11.6. The van der Waals surface area contributed by atoms with E-state index in [9.17, 15) is 4.79 Å². The van der Waals surface area contributed by atoms with Crippen molar-refractivity contribution in [2.24, 2.45) is 5.92 Å². The topological polar surface area (TPSA) is 83.4 Å². The molecule has 1 amide bonds. The lowest BCUT2D eigenvalue weighted by Gasteiger charge is -2.21. The molecule has 5 aromatic rings. The van der Waals surface area contributed by atoms with Gasteiger partial charge >= 0.3 is 0 Å². The SMILES string of the molecule is O=C(NCC1CC1)c1coc(CN(CCc2c[nH]c3ccccc23)Cc2cccc(Oc3ccccc3)c2)n1. The Balaban J connectivity index is 1.17. The van der Waals surface area contributed by atoms with Crippen LogP contribution in [0.1, 0.15) is 40.3 Å². The number of amides is 1. The van der Waals surface area contributed by atoms with Gasteiger partial charge in [0, 0.05) is 36.7 Å². The van der Waals surface area contributed by atoms with Gasteiger partial charge in [0.2, 0.25) is 5.89 Å². The van der Waals surface area contributed by atoms with E-state index in [0.29, 0.717) is 37.1 Å². The van der Waals surface area contributed by atoms with Crippen molar-refractivity contribution < 1.29 is 13.9 Å². The van der Waals surface area contributed by atoms with Crippen molar-refractivity contribution in [2.75, 3.05) is 13.1 Å². The van der Waals surface area contributed by atoms with Gasteiger partial charge in [0.1, 0.15) is 17.8 Å². The maximum absolute atomic E-state index is 12.5. The molecule has 0 radical (unpaired) electrons. The number of hydrogen-bond acceptors (Lipinski definition) is 5. The zero-order chi connectivity index (χ0) is 26.4. The first-order chi connectivity index (χ1) is 19.2. The maximum atomic E-state index is 12.5. The molecule has 2 N–H and O–H groups in total. The summed E-state index contributed by atoms with van der Waals surface area (Å²) in [5.74, 6) is 2.57. The van der Waals surface area contributed by atoms with Gasteiger partial charge in [-0.25, -0.2) is 4.98 Å². The van der Waals surface area contributed by atoms with Crippen LogP contribution >= 0.6 is 0 Å². The number of aromatic amines is 1. The Hall–Kier alpha value is -4.36. The lowest BCUT2D eigenvalue weighted by atomic mass is 10.1. The number of para-hydroxylation sites is 2. The van der Waals surface area contributed by atoms with Crippen molar-refractivity contribution in [1.82, 2.24) is 20.2 Å². The molecule has 39 heavy (non-hydrogen) atoms. The molecule has 1 fully saturated rings. The molecule has 0 bridgehead atoms. The summed E-state index contributed by atoms with van der Waals surface area (Å²) >= 11 is 0. The molecule has 2 aromatic heterocycles. The molecular formula is C32H32N4O3. The summed E-state index contributed by atoms with van der Waals surface area (Å²) in [7, 11) is 0. The number of carbonyl (C=O) groups excluding carboxylic acids is 1. The van der Waals surface area contributed by atoms with Crippen molar-refractivity contribution in [1.29, 1.82) is 0 Å². The lowest BCUT2D eigenvalue weighted by Crippen LogP contribution is -2.27. The first kappa shape index (κ1) is 24.9. The zero-order valence-electron chi connectivity index (χ0n) is 21.8. The van der Waals surface area contributed by atoms with Gasteiger partial charge in [-0.15, -0.1) is 0 Å². The first-order valence-electron chi connectivity index (χ1n) is 13.5. The fourth-order valence-corrected chi connectivity index (χ4v) is 4.75. The highest BCUT2D eigenvalue weighted by Gasteiger charge is 2.23. The van der Waals surface area contributed by atoms with Gasteiger partial charge in [-0.2, -0.15) is 0 Å².